The quantitative estimate of drug-likeness (QED) is 0.779. The third-order valence-electron chi connectivity index (χ3n) is 6.19. The molecule has 0 aromatic carbocycles. The van der Waals surface area contributed by atoms with E-state index in [4.69, 9.17) is 4.74 Å². The topological polar surface area (TPSA) is 70.3 Å². The number of ether oxygens (including phenoxy) is 1. The number of likely N-dealkylation sites (tertiary alicyclic amines) is 1. The normalized spacial score (nSPS) is 22.1. The molecule has 4 heterocycles. The summed E-state index contributed by atoms with van der Waals surface area (Å²) in [5, 5.41) is 14.9. The summed E-state index contributed by atoms with van der Waals surface area (Å²) in [6.45, 7) is 6.69. The number of nitrogens with zero attached hydrogens (tertiary/aromatic N) is 3. The SMILES string of the molecule is Cc1c(C#N)c(NC(=O)CN2CCC[C@H]2c2cccs2)n(C[C@@H]2CCCO2)c1C. The van der Waals surface area contributed by atoms with E-state index in [0.29, 0.717) is 30.5 Å². The number of anilines is 1. The zero-order chi connectivity index (χ0) is 20.4. The number of hydrogen-bond acceptors (Lipinski definition) is 5. The predicted molar refractivity (Wildman–Crippen MR) is 114 cm³/mol. The molecule has 2 saturated heterocycles. The fourth-order valence-electron chi connectivity index (χ4n) is 4.53. The van der Waals surface area contributed by atoms with Gasteiger partial charge in [-0.1, -0.05) is 6.07 Å². The zero-order valence-electron chi connectivity index (χ0n) is 17.1. The largest absolute Gasteiger partial charge is 0.376 e. The Bertz CT molecular complexity index is 906. The molecule has 6 nitrogen and oxygen atoms in total. The minimum Gasteiger partial charge on any atom is -0.376 e. The van der Waals surface area contributed by atoms with Crippen molar-refractivity contribution in [2.24, 2.45) is 0 Å². The van der Waals surface area contributed by atoms with E-state index in [1.165, 1.54) is 4.88 Å². The smallest absolute Gasteiger partial charge is 0.239 e. The van der Waals surface area contributed by atoms with Crippen LogP contribution in [0.2, 0.25) is 0 Å². The van der Waals surface area contributed by atoms with Gasteiger partial charge >= 0.3 is 0 Å². The molecule has 2 aromatic rings. The van der Waals surface area contributed by atoms with Crippen LogP contribution < -0.4 is 5.32 Å². The molecule has 4 rings (SSSR count). The number of carbonyl (C=O) groups is 1. The second-order valence-electron chi connectivity index (χ2n) is 7.98. The molecular weight excluding hydrogens is 384 g/mol. The molecule has 1 N–H and O–H groups in total. The van der Waals surface area contributed by atoms with E-state index in [2.05, 4.69) is 38.4 Å². The molecular formula is C22H28N4O2S. The van der Waals surface area contributed by atoms with Crippen molar-refractivity contribution in [1.82, 2.24) is 9.47 Å². The molecule has 0 saturated carbocycles. The van der Waals surface area contributed by atoms with Crippen LogP contribution in [-0.4, -0.2) is 41.2 Å². The van der Waals surface area contributed by atoms with Crippen LogP contribution in [0.4, 0.5) is 5.82 Å². The Morgan fingerprint density at radius 2 is 2.24 bits per heavy atom. The van der Waals surface area contributed by atoms with Crippen LogP contribution in [-0.2, 0) is 16.1 Å². The van der Waals surface area contributed by atoms with Crippen LogP contribution in [0.3, 0.4) is 0 Å². The molecule has 1 amide bonds. The van der Waals surface area contributed by atoms with Crippen LogP contribution in [0.25, 0.3) is 0 Å². The van der Waals surface area contributed by atoms with Gasteiger partial charge in [0.15, 0.2) is 0 Å². The van der Waals surface area contributed by atoms with Crippen molar-refractivity contribution in [3.05, 3.63) is 39.2 Å². The van der Waals surface area contributed by atoms with Crippen LogP contribution in [0.15, 0.2) is 17.5 Å². The Hall–Kier alpha value is -2.14. The van der Waals surface area contributed by atoms with Crippen molar-refractivity contribution < 1.29 is 9.53 Å². The van der Waals surface area contributed by atoms with Gasteiger partial charge in [0.1, 0.15) is 11.9 Å². The summed E-state index contributed by atoms with van der Waals surface area (Å²) < 4.78 is 7.85. The van der Waals surface area contributed by atoms with Gasteiger partial charge < -0.3 is 14.6 Å². The highest BCUT2D eigenvalue weighted by molar-refractivity contribution is 7.10. The summed E-state index contributed by atoms with van der Waals surface area (Å²) in [4.78, 5) is 16.5. The molecule has 2 atom stereocenters. The van der Waals surface area contributed by atoms with E-state index in [9.17, 15) is 10.1 Å². The summed E-state index contributed by atoms with van der Waals surface area (Å²) in [6, 6.07) is 6.83. The number of rotatable bonds is 6. The number of carbonyl (C=O) groups excluding carboxylic acids is 1. The molecule has 29 heavy (non-hydrogen) atoms. The number of aromatic nitrogens is 1. The lowest BCUT2D eigenvalue weighted by Crippen LogP contribution is -2.33. The van der Waals surface area contributed by atoms with Gasteiger partial charge in [-0.15, -0.1) is 11.3 Å². The van der Waals surface area contributed by atoms with Crippen molar-refractivity contribution in [2.45, 2.75) is 58.2 Å². The molecule has 0 aliphatic carbocycles. The summed E-state index contributed by atoms with van der Waals surface area (Å²) in [7, 11) is 0. The third kappa shape index (κ3) is 4.11. The van der Waals surface area contributed by atoms with E-state index in [1.807, 2.05) is 13.8 Å². The molecule has 0 unspecified atom stereocenters. The minimum atomic E-state index is -0.0592. The predicted octanol–water partition coefficient (Wildman–Crippen LogP) is 3.99. The van der Waals surface area contributed by atoms with E-state index in [-0.39, 0.29) is 12.0 Å². The maximum atomic E-state index is 13.0. The van der Waals surface area contributed by atoms with Gasteiger partial charge in [-0.3, -0.25) is 9.69 Å². The van der Waals surface area contributed by atoms with Crippen LogP contribution in [0.5, 0.6) is 0 Å². The molecule has 0 radical (unpaired) electrons. The van der Waals surface area contributed by atoms with Crippen molar-refractivity contribution in [1.29, 1.82) is 5.26 Å². The van der Waals surface area contributed by atoms with E-state index >= 15 is 0 Å². The fourth-order valence-corrected chi connectivity index (χ4v) is 5.42. The maximum absolute atomic E-state index is 13.0. The standard InChI is InChI=1S/C22H28N4O2S/c1-15-16(2)26(13-17-6-4-10-28-17)22(18(15)12-23)24-21(27)14-25-9-3-7-19(25)20-8-5-11-29-20/h5,8,11,17,19H,3-4,6-7,9-10,13-14H2,1-2H3,(H,24,27)/t17-,19-/m0/s1. The lowest BCUT2D eigenvalue weighted by atomic mass is 10.2. The highest BCUT2D eigenvalue weighted by Gasteiger charge is 2.29. The summed E-state index contributed by atoms with van der Waals surface area (Å²) in [5.41, 5.74) is 2.51. The third-order valence-corrected chi connectivity index (χ3v) is 7.16. The van der Waals surface area contributed by atoms with E-state index in [1.54, 1.807) is 11.3 Å². The van der Waals surface area contributed by atoms with Gasteiger partial charge in [-0.2, -0.15) is 5.26 Å². The Kier molecular flexibility index (Phi) is 6.04. The Balaban J connectivity index is 1.51. The van der Waals surface area contributed by atoms with Gasteiger partial charge in [-0.05, 0) is 63.1 Å². The van der Waals surface area contributed by atoms with Crippen LogP contribution in [0.1, 0.15) is 53.4 Å². The Morgan fingerprint density at radius 1 is 1.38 bits per heavy atom. The molecule has 2 aliphatic heterocycles. The van der Waals surface area contributed by atoms with Crippen molar-refractivity contribution in [3.63, 3.8) is 0 Å². The van der Waals surface area contributed by atoms with E-state index in [0.717, 1.165) is 50.1 Å². The maximum Gasteiger partial charge on any atom is 0.239 e. The lowest BCUT2D eigenvalue weighted by Gasteiger charge is -2.23. The molecule has 0 bridgehead atoms. The zero-order valence-corrected chi connectivity index (χ0v) is 17.9. The summed E-state index contributed by atoms with van der Waals surface area (Å²) in [5.74, 6) is 0.561. The van der Waals surface area contributed by atoms with Crippen LogP contribution in [0, 0.1) is 25.2 Å². The van der Waals surface area contributed by atoms with Gasteiger partial charge in [0.2, 0.25) is 5.91 Å². The first-order valence-electron chi connectivity index (χ1n) is 10.4. The number of amides is 1. The van der Waals surface area contributed by atoms with Crippen molar-refractivity contribution in [3.8, 4) is 6.07 Å². The lowest BCUT2D eigenvalue weighted by molar-refractivity contribution is -0.117. The molecule has 7 heteroatoms. The first kappa shape index (κ1) is 20.1. The van der Waals surface area contributed by atoms with Crippen LogP contribution >= 0.6 is 11.3 Å². The number of hydrogen-bond donors (Lipinski definition) is 1. The molecule has 2 aromatic heterocycles. The second-order valence-corrected chi connectivity index (χ2v) is 8.96. The summed E-state index contributed by atoms with van der Waals surface area (Å²) in [6.07, 6.45) is 4.42. The average molecular weight is 413 g/mol. The molecule has 2 aliphatic rings. The van der Waals surface area contributed by atoms with Gasteiger partial charge in [0, 0.05) is 23.2 Å². The Labute approximate surface area is 176 Å². The Morgan fingerprint density at radius 3 is 2.93 bits per heavy atom. The second kappa shape index (κ2) is 8.70. The minimum absolute atomic E-state index is 0.0592. The van der Waals surface area contributed by atoms with E-state index < -0.39 is 0 Å². The van der Waals surface area contributed by atoms with Gasteiger partial charge in [-0.25, -0.2) is 0 Å². The number of nitrogens with one attached hydrogen (secondary N) is 1. The van der Waals surface area contributed by atoms with Gasteiger partial charge in [0.05, 0.1) is 24.8 Å². The highest BCUT2D eigenvalue weighted by Crippen LogP contribution is 2.34. The molecule has 2 fully saturated rings. The van der Waals surface area contributed by atoms with Crippen molar-refractivity contribution in [2.75, 3.05) is 25.0 Å². The van der Waals surface area contributed by atoms with Gasteiger partial charge in [0.25, 0.3) is 0 Å². The summed E-state index contributed by atoms with van der Waals surface area (Å²) >= 11 is 1.75. The monoisotopic (exact) mass is 412 g/mol. The van der Waals surface area contributed by atoms with Crippen molar-refractivity contribution >= 4 is 23.1 Å². The first-order chi connectivity index (χ1) is 14.1. The molecule has 0 spiro atoms. The molecule has 154 valence electrons. The fraction of sp³-hybridized carbons (Fsp3) is 0.545. The number of nitriles is 1. The average Bonchev–Trinajstić information content (AvgIpc) is 3.48. The number of thiophene rings is 1. The first-order valence-corrected chi connectivity index (χ1v) is 11.2. The highest BCUT2D eigenvalue weighted by atomic mass is 32.1.